The van der Waals surface area contributed by atoms with Gasteiger partial charge in [-0.15, -0.1) is 0 Å². The second-order valence-corrected chi connectivity index (χ2v) is 8.41. The lowest BCUT2D eigenvalue weighted by Gasteiger charge is -2.34. The van der Waals surface area contributed by atoms with Crippen LogP contribution in [0.5, 0.6) is 5.88 Å². The van der Waals surface area contributed by atoms with Crippen molar-refractivity contribution in [1.29, 1.82) is 0 Å². The van der Waals surface area contributed by atoms with Crippen LogP contribution in [0.2, 0.25) is 0 Å². The maximum atomic E-state index is 12.4. The number of anilines is 1. The van der Waals surface area contributed by atoms with Crippen LogP contribution in [0.3, 0.4) is 0 Å². The smallest absolute Gasteiger partial charge is 0.258 e. The van der Waals surface area contributed by atoms with Gasteiger partial charge in [0.05, 0.1) is 17.6 Å². The third-order valence-corrected chi connectivity index (χ3v) is 6.09. The van der Waals surface area contributed by atoms with Crippen molar-refractivity contribution >= 4 is 40.6 Å². The summed E-state index contributed by atoms with van der Waals surface area (Å²) in [5, 5.41) is 11.6. The molecule has 3 heterocycles. The molecule has 1 fully saturated rings. The minimum atomic E-state index is -0.341. The molecular formula is C26H26N6O2. The molecule has 172 valence electrons. The maximum Gasteiger partial charge on any atom is 0.258 e. The number of aromatic hydroxyl groups is 1. The molecule has 1 aliphatic heterocycles. The van der Waals surface area contributed by atoms with Crippen LogP contribution >= 0.6 is 0 Å². The van der Waals surface area contributed by atoms with Crippen molar-refractivity contribution in [2.45, 2.75) is 0 Å². The van der Waals surface area contributed by atoms with Crippen molar-refractivity contribution in [2.24, 2.45) is 4.99 Å². The number of fused-ring (bicyclic) bond motifs is 1. The van der Waals surface area contributed by atoms with Crippen molar-refractivity contribution in [1.82, 2.24) is 19.4 Å². The van der Waals surface area contributed by atoms with E-state index in [0.29, 0.717) is 16.3 Å². The zero-order chi connectivity index (χ0) is 23.5. The van der Waals surface area contributed by atoms with E-state index < -0.39 is 0 Å². The number of H-pyrrole nitrogens is 1. The molecule has 34 heavy (non-hydrogen) atoms. The van der Waals surface area contributed by atoms with Crippen LogP contribution in [-0.2, 0) is 0 Å². The third kappa shape index (κ3) is 4.62. The molecule has 5 rings (SSSR count). The summed E-state index contributed by atoms with van der Waals surface area (Å²) < 4.78 is 1.83. The normalized spacial score (nSPS) is 15.1. The number of piperazine rings is 1. The van der Waals surface area contributed by atoms with E-state index in [4.69, 9.17) is 0 Å². The Morgan fingerprint density at radius 1 is 1.06 bits per heavy atom. The molecule has 0 radical (unpaired) electrons. The summed E-state index contributed by atoms with van der Waals surface area (Å²) in [6.07, 6.45) is 10.6. The summed E-state index contributed by atoms with van der Waals surface area (Å²) in [5.41, 5.74) is 2.96. The first-order valence-electron chi connectivity index (χ1n) is 11.2. The van der Waals surface area contributed by atoms with E-state index in [1.54, 1.807) is 24.8 Å². The van der Waals surface area contributed by atoms with Crippen molar-refractivity contribution in [2.75, 3.05) is 38.1 Å². The minimum Gasteiger partial charge on any atom is -0.494 e. The highest BCUT2D eigenvalue weighted by molar-refractivity contribution is 6.02. The Labute approximate surface area is 197 Å². The monoisotopic (exact) mass is 454 g/mol. The first-order valence-corrected chi connectivity index (χ1v) is 11.2. The number of hydrogen-bond donors (Lipinski definition) is 2. The van der Waals surface area contributed by atoms with Crippen LogP contribution in [0.25, 0.3) is 23.0 Å². The second-order valence-electron chi connectivity index (χ2n) is 8.41. The molecule has 0 bridgehead atoms. The van der Waals surface area contributed by atoms with Crippen molar-refractivity contribution < 1.29 is 5.11 Å². The Morgan fingerprint density at radius 3 is 2.59 bits per heavy atom. The number of rotatable bonds is 5. The molecule has 0 spiro atoms. The van der Waals surface area contributed by atoms with E-state index in [0.717, 1.165) is 37.4 Å². The van der Waals surface area contributed by atoms with Crippen LogP contribution in [0.1, 0.15) is 11.1 Å². The number of aliphatic imine (C=N–C) groups is 1. The Hall–Kier alpha value is -4.17. The molecule has 8 heteroatoms. The van der Waals surface area contributed by atoms with Crippen LogP contribution in [0, 0.1) is 0 Å². The van der Waals surface area contributed by atoms with Gasteiger partial charge in [0.15, 0.2) is 0 Å². The number of nitrogens with one attached hydrogen (secondary N) is 1. The topological polar surface area (TPSA) is 89.8 Å². The molecule has 2 aromatic carbocycles. The summed E-state index contributed by atoms with van der Waals surface area (Å²) >= 11 is 0. The van der Waals surface area contributed by atoms with Crippen LogP contribution in [-0.4, -0.2) is 64.0 Å². The predicted octanol–water partition coefficient (Wildman–Crippen LogP) is 3.56. The molecule has 4 aromatic rings. The number of aromatic amines is 1. The average Bonchev–Trinajstić information content (AvgIpc) is 3.37. The molecular weight excluding hydrogens is 428 g/mol. The van der Waals surface area contributed by atoms with Crippen molar-refractivity contribution in [3.8, 4) is 5.88 Å². The largest absolute Gasteiger partial charge is 0.494 e. The quantitative estimate of drug-likeness (QED) is 0.450. The molecule has 2 aromatic heterocycles. The van der Waals surface area contributed by atoms with Gasteiger partial charge in [-0.05, 0) is 55.1 Å². The molecule has 1 aliphatic rings. The zero-order valence-electron chi connectivity index (χ0n) is 18.9. The van der Waals surface area contributed by atoms with Gasteiger partial charge in [0, 0.05) is 67.4 Å². The molecule has 0 saturated carbocycles. The Bertz CT molecular complexity index is 1400. The minimum absolute atomic E-state index is 0.203. The van der Waals surface area contributed by atoms with E-state index in [-0.39, 0.29) is 11.4 Å². The van der Waals surface area contributed by atoms with Gasteiger partial charge in [-0.2, -0.15) is 0 Å². The number of imidazole rings is 1. The highest BCUT2D eigenvalue weighted by atomic mass is 16.3. The Balaban J connectivity index is 1.43. The third-order valence-electron chi connectivity index (χ3n) is 6.09. The highest BCUT2D eigenvalue weighted by Crippen LogP contribution is 2.25. The number of aromatic nitrogens is 3. The number of hydrogen-bond acceptors (Lipinski definition) is 6. The lowest BCUT2D eigenvalue weighted by molar-refractivity contribution is 0.313. The maximum absolute atomic E-state index is 12.4. The predicted molar refractivity (Wildman–Crippen MR) is 137 cm³/mol. The molecule has 0 unspecified atom stereocenters. The lowest BCUT2D eigenvalue weighted by atomic mass is 10.0. The first kappa shape index (κ1) is 21.7. The van der Waals surface area contributed by atoms with Gasteiger partial charge in [-0.1, -0.05) is 6.07 Å². The number of likely N-dealkylation sites (N-methyl/N-ethyl adjacent to an activating group) is 1. The zero-order valence-corrected chi connectivity index (χ0v) is 18.9. The van der Waals surface area contributed by atoms with E-state index in [1.165, 1.54) is 5.69 Å². The fraction of sp³-hybridized carbons (Fsp3) is 0.192. The van der Waals surface area contributed by atoms with Crippen molar-refractivity contribution in [3.05, 3.63) is 82.7 Å². The molecule has 0 aliphatic carbocycles. The SMILES string of the molecule is CN1CCN(c2ccc(N=Cc3c(O)[nH]c(=O)c4ccc(/C=C/n5ccnc5)cc34)cc2)CC1. The molecule has 0 amide bonds. The highest BCUT2D eigenvalue weighted by Gasteiger charge is 2.14. The van der Waals surface area contributed by atoms with Crippen LogP contribution < -0.4 is 10.5 Å². The number of pyridine rings is 1. The van der Waals surface area contributed by atoms with E-state index >= 15 is 0 Å². The molecule has 8 nitrogen and oxygen atoms in total. The Kier molecular flexibility index (Phi) is 5.97. The summed E-state index contributed by atoms with van der Waals surface area (Å²) in [5.74, 6) is -0.203. The fourth-order valence-electron chi connectivity index (χ4n) is 4.07. The van der Waals surface area contributed by atoms with Gasteiger partial charge in [0.25, 0.3) is 5.56 Å². The van der Waals surface area contributed by atoms with Crippen LogP contribution in [0.4, 0.5) is 11.4 Å². The fourth-order valence-corrected chi connectivity index (χ4v) is 4.07. The Morgan fingerprint density at radius 2 is 1.85 bits per heavy atom. The standard InChI is InChI=1S/C26H26N6O2/c1-30-12-14-32(15-13-30)21-5-3-20(4-6-21)28-17-24-23-16-19(8-10-31-11-9-27-18-31)2-7-22(23)25(33)29-26(24)34/h2-11,16-18H,12-15H2,1H3,(H2,29,33,34)/b10-8+,28-17?. The molecule has 1 saturated heterocycles. The first-order chi connectivity index (χ1) is 16.6. The summed E-state index contributed by atoms with van der Waals surface area (Å²) in [6.45, 7) is 4.12. The van der Waals surface area contributed by atoms with Gasteiger partial charge in [-0.3, -0.25) is 14.8 Å². The van der Waals surface area contributed by atoms with E-state index in [2.05, 4.69) is 43.9 Å². The lowest BCUT2D eigenvalue weighted by Crippen LogP contribution is -2.44. The van der Waals surface area contributed by atoms with Gasteiger partial charge in [-0.25, -0.2) is 4.98 Å². The van der Waals surface area contributed by atoms with E-state index in [1.807, 2.05) is 47.3 Å². The van der Waals surface area contributed by atoms with Gasteiger partial charge < -0.3 is 19.5 Å². The van der Waals surface area contributed by atoms with E-state index in [9.17, 15) is 9.90 Å². The second kappa shape index (κ2) is 9.36. The average molecular weight is 455 g/mol. The summed E-state index contributed by atoms with van der Waals surface area (Å²) in [7, 11) is 2.14. The number of nitrogens with zero attached hydrogens (tertiary/aromatic N) is 5. The molecule has 0 atom stereocenters. The van der Waals surface area contributed by atoms with Gasteiger partial charge in [0.1, 0.15) is 0 Å². The summed E-state index contributed by atoms with van der Waals surface area (Å²) in [6, 6.07) is 13.6. The van der Waals surface area contributed by atoms with Gasteiger partial charge in [0.2, 0.25) is 5.88 Å². The number of benzene rings is 2. The van der Waals surface area contributed by atoms with Crippen molar-refractivity contribution in [3.63, 3.8) is 0 Å². The van der Waals surface area contributed by atoms with Gasteiger partial charge >= 0.3 is 0 Å². The summed E-state index contributed by atoms with van der Waals surface area (Å²) in [4.78, 5) is 28.2. The molecule has 2 N–H and O–H groups in total. The van der Waals surface area contributed by atoms with Crippen LogP contribution in [0.15, 0.2) is 71.0 Å².